The van der Waals surface area contributed by atoms with E-state index >= 15 is 0 Å². The number of amides is 1. The van der Waals surface area contributed by atoms with Gasteiger partial charge in [-0.2, -0.15) is 0 Å². The minimum absolute atomic E-state index is 0. The van der Waals surface area contributed by atoms with Crippen molar-refractivity contribution >= 4 is 36.5 Å². The van der Waals surface area contributed by atoms with Gasteiger partial charge >= 0.3 is 0 Å². The summed E-state index contributed by atoms with van der Waals surface area (Å²) >= 11 is 0. The van der Waals surface area contributed by atoms with Crippen LogP contribution in [0.2, 0.25) is 0 Å². The molecule has 6 nitrogen and oxygen atoms in total. The summed E-state index contributed by atoms with van der Waals surface area (Å²) in [5.74, 6) is 0.931. The number of anilines is 1. The molecule has 1 amide bonds. The topological polar surface area (TPSA) is 80.5 Å². The second kappa shape index (κ2) is 10.2. The van der Waals surface area contributed by atoms with Gasteiger partial charge in [-0.3, -0.25) is 4.79 Å². The Morgan fingerprint density at radius 2 is 1.88 bits per heavy atom. The van der Waals surface area contributed by atoms with Gasteiger partial charge in [0.1, 0.15) is 5.82 Å². The molecule has 0 radical (unpaired) electrons. The zero-order valence-corrected chi connectivity index (χ0v) is 16.0. The lowest BCUT2D eigenvalue weighted by atomic mass is 9.90. The van der Waals surface area contributed by atoms with Crippen LogP contribution < -0.4 is 16.0 Å². The van der Waals surface area contributed by atoms with Crippen LogP contribution in [-0.2, 0) is 16.1 Å². The lowest BCUT2D eigenvalue weighted by molar-refractivity contribution is -0.129. The SMILES string of the molecule is Cl.Cl.NC1(C(=O)NCc2ccc(N3CCCCC3)nc2)CCOCC1. The van der Waals surface area contributed by atoms with Crippen molar-refractivity contribution in [2.24, 2.45) is 5.73 Å². The van der Waals surface area contributed by atoms with E-state index in [2.05, 4.69) is 15.2 Å². The van der Waals surface area contributed by atoms with Gasteiger partial charge in [0.25, 0.3) is 0 Å². The minimum atomic E-state index is -0.792. The van der Waals surface area contributed by atoms with Crippen molar-refractivity contribution in [2.45, 2.75) is 44.2 Å². The van der Waals surface area contributed by atoms with Gasteiger partial charge in [0.2, 0.25) is 5.91 Å². The molecule has 8 heteroatoms. The fourth-order valence-corrected chi connectivity index (χ4v) is 3.15. The number of hydrogen-bond donors (Lipinski definition) is 2. The highest BCUT2D eigenvalue weighted by Gasteiger charge is 2.35. The van der Waals surface area contributed by atoms with Gasteiger partial charge in [-0.1, -0.05) is 6.07 Å². The summed E-state index contributed by atoms with van der Waals surface area (Å²) in [5, 5.41) is 2.94. The first-order valence-corrected chi connectivity index (χ1v) is 8.52. The lowest BCUT2D eigenvalue weighted by Gasteiger charge is -2.31. The van der Waals surface area contributed by atoms with E-state index in [0.29, 0.717) is 32.6 Å². The summed E-state index contributed by atoms with van der Waals surface area (Å²) in [4.78, 5) is 19.1. The Balaban J connectivity index is 0.00000156. The number of piperidine rings is 1. The molecule has 2 aliphatic rings. The molecule has 0 atom stereocenters. The van der Waals surface area contributed by atoms with Crippen LogP contribution in [0.25, 0.3) is 0 Å². The van der Waals surface area contributed by atoms with Crippen molar-refractivity contribution in [1.29, 1.82) is 0 Å². The Kier molecular flexibility index (Phi) is 8.93. The lowest BCUT2D eigenvalue weighted by Crippen LogP contribution is -2.56. The quantitative estimate of drug-likeness (QED) is 0.821. The highest BCUT2D eigenvalue weighted by Crippen LogP contribution is 2.19. The third kappa shape index (κ3) is 5.71. The predicted molar refractivity (Wildman–Crippen MR) is 104 cm³/mol. The normalized spacial score (nSPS) is 19.3. The summed E-state index contributed by atoms with van der Waals surface area (Å²) in [6.07, 6.45) is 6.78. The van der Waals surface area contributed by atoms with Crippen molar-refractivity contribution in [3.8, 4) is 0 Å². The Morgan fingerprint density at radius 1 is 1.20 bits per heavy atom. The molecule has 142 valence electrons. The second-order valence-corrected chi connectivity index (χ2v) is 6.52. The first kappa shape index (κ1) is 22.0. The number of pyridine rings is 1. The van der Waals surface area contributed by atoms with Crippen molar-refractivity contribution in [1.82, 2.24) is 10.3 Å². The van der Waals surface area contributed by atoms with E-state index in [9.17, 15) is 4.79 Å². The van der Waals surface area contributed by atoms with Crippen LogP contribution in [0.1, 0.15) is 37.7 Å². The van der Waals surface area contributed by atoms with E-state index < -0.39 is 5.54 Å². The Hall–Kier alpha value is -1.08. The van der Waals surface area contributed by atoms with Crippen LogP contribution in [-0.4, -0.2) is 42.7 Å². The van der Waals surface area contributed by atoms with Crippen molar-refractivity contribution in [2.75, 3.05) is 31.2 Å². The smallest absolute Gasteiger partial charge is 0.240 e. The highest BCUT2D eigenvalue weighted by molar-refractivity contribution is 5.86. The Bertz CT molecular complexity index is 530. The van der Waals surface area contributed by atoms with E-state index in [1.807, 2.05) is 18.3 Å². The van der Waals surface area contributed by atoms with Gasteiger partial charge in [-0.05, 0) is 43.7 Å². The molecule has 0 saturated carbocycles. The van der Waals surface area contributed by atoms with E-state index in [1.54, 1.807) is 0 Å². The number of rotatable bonds is 4. The maximum atomic E-state index is 12.3. The molecule has 0 bridgehead atoms. The number of nitrogens with zero attached hydrogens (tertiary/aromatic N) is 2. The van der Waals surface area contributed by atoms with Gasteiger partial charge in [0, 0.05) is 39.0 Å². The molecular weight excluding hydrogens is 363 g/mol. The fraction of sp³-hybridized carbons (Fsp3) is 0.647. The molecule has 0 aliphatic carbocycles. The summed E-state index contributed by atoms with van der Waals surface area (Å²) in [6, 6.07) is 4.07. The number of carbonyl (C=O) groups is 1. The van der Waals surface area contributed by atoms with E-state index in [-0.39, 0.29) is 30.7 Å². The van der Waals surface area contributed by atoms with Crippen LogP contribution in [0.3, 0.4) is 0 Å². The summed E-state index contributed by atoms with van der Waals surface area (Å²) in [5.41, 5.74) is 6.38. The first-order valence-electron chi connectivity index (χ1n) is 8.52. The van der Waals surface area contributed by atoms with Gasteiger partial charge in [-0.15, -0.1) is 24.8 Å². The van der Waals surface area contributed by atoms with Crippen LogP contribution in [0, 0.1) is 0 Å². The first-order chi connectivity index (χ1) is 11.2. The number of nitrogens with two attached hydrogens (primary N) is 1. The third-order valence-corrected chi connectivity index (χ3v) is 4.78. The van der Waals surface area contributed by atoms with Gasteiger partial charge < -0.3 is 20.7 Å². The zero-order valence-electron chi connectivity index (χ0n) is 14.4. The number of carbonyl (C=O) groups excluding carboxylic acids is 1. The molecule has 3 N–H and O–H groups in total. The maximum absolute atomic E-state index is 12.3. The molecule has 0 aromatic carbocycles. The van der Waals surface area contributed by atoms with Crippen LogP contribution in [0.15, 0.2) is 18.3 Å². The van der Waals surface area contributed by atoms with Gasteiger partial charge in [0.15, 0.2) is 0 Å². The van der Waals surface area contributed by atoms with Crippen molar-refractivity contribution in [3.63, 3.8) is 0 Å². The molecule has 0 spiro atoms. The van der Waals surface area contributed by atoms with Gasteiger partial charge in [-0.25, -0.2) is 4.98 Å². The molecule has 25 heavy (non-hydrogen) atoms. The molecule has 0 unspecified atom stereocenters. The second-order valence-electron chi connectivity index (χ2n) is 6.52. The Labute approximate surface area is 161 Å². The van der Waals surface area contributed by atoms with Crippen LogP contribution in [0.5, 0.6) is 0 Å². The number of ether oxygens (including phenoxy) is 1. The number of nitrogens with one attached hydrogen (secondary N) is 1. The highest BCUT2D eigenvalue weighted by atomic mass is 35.5. The molecule has 2 fully saturated rings. The zero-order chi connectivity index (χ0) is 16.1. The summed E-state index contributed by atoms with van der Waals surface area (Å²) in [6.45, 7) is 3.74. The van der Waals surface area contributed by atoms with Crippen LogP contribution >= 0.6 is 24.8 Å². The standard InChI is InChI=1S/C17H26N4O2.2ClH/c18-17(6-10-23-11-7-17)16(22)20-13-14-4-5-15(19-12-14)21-8-2-1-3-9-21;;/h4-5,12H,1-3,6-11,13,18H2,(H,20,22);2*1H. The largest absolute Gasteiger partial charge is 0.381 e. The van der Waals surface area contributed by atoms with Crippen molar-refractivity contribution < 1.29 is 9.53 Å². The average Bonchev–Trinajstić information content (AvgIpc) is 2.61. The number of hydrogen-bond acceptors (Lipinski definition) is 5. The molecule has 1 aromatic heterocycles. The monoisotopic (exact) mass is 390 g/mol. The number of halogens is 2. The third-order valence-electron chi connectivity index (χ3n) is 4.78. The molecule has 1 aromatic rings. The van der Waals surface area contributed by atoms with Crippen molar-refractivity contribution in [3.05, 3.63) is 23.9 Å². The van der Waals surface area contributed by atoms with Gasteiger partial charge in [0.05, 0.1) is 5.54 Å². The van der Waals surface area contributed by atoms with E-state index in [0.717, 1.165) is 24.5 Å². The number of aromatic nitrogens is 1. The van der Waals surface area contributed by atoms with E-state index in [4.69, 9.17) is 10.5 Å². The summed E-state index contributed by atoms with van der Waals surface area (Å²) < 4.78 is 5.27. The molecule has 2 saturated heterocycles. The molecule has 2 aliphatic heterocycles. The fourth-order valence-electron chi connectivity index (χ4n) is 3.15. The molecule has 3 rings (SSSR count). The Morgan fingerprint density at radius 3 is 2.48 bits per heavy atom. The molecular formula is C17H28Cl2N4O2. The average molecular weight is 391 g/mol. The van der Waals surface area contributed by atoms with E-state index in [1.165, 1.54) is 19.3 Å². The minimum Gasteiger partial charge on any atom is -0.381 e. The maximum Gasteiger partial charge on any atom is 0.240 e. The predicted octanol–water partition coefficient (Wildman–Crippen LogP) is 2.04. The molecule has 3 heterocycles. The van der Waals surface area contributed by atoms with Crippen LogP contribution in [0.4, 0.5) is 5.82 Å². The summed E-state index contributed by atoms with van der Waals surface area (Å²) in [7, 11) is 0.